The quantitative estimate of drug-likeness (QED) is 0.725. The van der Waals surface area contributed by atoms with Gasteiger partial charge in [0, 0.05) is 38.3 Å². The van der Waals surface area contributed by atoms with E-state index >= 15 is 0 Å². The number of anilines is 1. The Kier molecular flexibility index (Phi) is 7.73. The van der Waals surface area contributed by atoms with Crippen molar-refractivity contribution in [1.82, 2.24) is 15.2 Å². The zero-order valence-corrected chi connectivity index (χ0v) is 18.7. The highest BCUT2D eigenvalue weighted by molar-refractivity contribution is 5.79. The highest BCUT2D eigenvalue weighted by atomic mass is 16.1. The number of rotatable bonds is 7. The van der Waals surface area contributed by atoms with Crippen molar-refractivity contribution in [1.29, 1.82) is 5.26 Å². The number of carbonyl (C=O) groups is 1. The predicted octanol–water partition coefficient (Wildman–Crippen LogP) is 3.59. The summed E-state index contributed by atoms with van der Waals surface area (Å²) in [7, 11) is 0. The number of benzene rings is 1. The van der Waals surface area contributed by atoms with E-state index in [1.807, 2.05) is 6.07 Å². The SMILES string of the molecule is N#Cc1cncc(N2CCC(C(=O)NCCC3CCN(Cc4ccccc4)CC3)CC2)c1. The van der Waals surface area contributed by atoms with Crippen LogP contribution in [0.25, 0.3) is 0 Å². The van der Waals surface area contributed by atoms with Crippen LogP contribution in [0.5, 0.6) is 0 Å². The molecule has 2 fully saturated rings. The average Bonchev–Trinajstić information content (AvgIpc) is 2.86. The van der Waals surface area contributed by atoms with Crippen molar-refractivity contribution < 1.29 is 4.79 Å². The molecule has 3 heterocycles. The van der Waals surface area contributed by atoms with Crippen molar-refractivity contribution in [3.63, 3.8) is 0 Å². The molecule has 1 amide bonds. The Hall–Kier alpha value is -2.91. The molecule has 1 aromatic heterocycles. The van der Waals surface area contributed by atoms with Gasteiger partial charge in [0.2, 0.25) is 5.91 Å². The summed E-state index contributed by atoms with van der Waals surface area (Å²) in [5.41, 5.74) is 2.94. The third-order valence-electron chi connectivity index (χ3n) is 6.89. The molecule has 0 aliphatic carbocycles. The second kappa shape index (κ2) is 11.1. The van der Waals surface area contributed by atoms with Crippen molar-refractivity contribution >= 4 is 11.6 Å². The van der Waals surface area contributed by atoms with Crippen LogP contribution in [0.2, 0.25) is 0 Å². The highest BCUT2D eigenvalue weighted by Crippen LogP contribution is 2.24. The fourth-order valence-electron chi connectivity index (χ4n) is 4.88. The summed E-state index contributed by atoms with van der Waals surface area (Å²) in [6.07, 6.45) is 8.59. The van der Waals surface area contributed by atoms with Gasteiger partial charge >= 0.3 is 0 Å². The largest absolute Gasteiger partial charge is 0.370 e. The first-order chi connectivity index (χ1) is 15.7. The van der Waals surface area contributed by atoms with Crippen LogP contribution in [0.15, 0.2) is 48.8 Å². The van der Waals surface area contributed by atoms with Crippen molar-refractivity contribution in [2.45, 2.75) is 38.6 Å². The minimum Gasteiger partial charge on any atom is -0.370 e. The molecule has 0 saturated carbocycles. The Morgan fingerprint density at radius 1 is 1.06 bits per heavy atom. The third kappa shape index (κ3) is 6.08. The number of hydrogen-bond donors (Lipinski definition) is 1. The van der Waals surface area contributed by atoms with E-state index in [9.17, 15) is 4.79 Å². The van der Waals surface area contributed by atoms with Gasteiger partial charge in [-0.05, 0) is 62.7 Å². The third-order valence-corrected chi connectivity index (χ3v) is 6.89. The molecule has 168 valence electrons. The minimum atomic E-state index is 0.0890. The van der Waals surface area contributed by atoms with E-state index in [4.69, 9.17) is 5.26 Å². The molecule has 6 nitrogen and oxygen atoms in total. The standard InChI is InChI=1S/C26H33N5O/c27-17-23-16-25(19-28-18-23)31-14-9-24(10-15-31)26(32)29-11-6-21-7-12-30(13-8-21)20-22-4-2-1-3-5-22/h1-5,16,18-19,21,24H,6-15,20H2,(H,29,32). The minimum absolute atomic E-state index is 0.0890. The van der Waals surface area contributed by atoms with E-state index in [-0.39, 0.29) is 11.8 Å². The first-order valence-corrected chi connectivity index (χ1v) is 11.9. The normalized spacial score (nSPS) is 18.3. The number of hydrogen-bond acceptors (Lipinski definition) is 5. The maximum Gasteiger partial charge on any atom is 0.223 e. The molecule has 1 N–H and O–H groups in total. The first-order valence-electron chi connectivity index (χ1n) is 11.9. The van der Waals surface area contributed by atoms with Crippen LogP contribution in [0.3, 0.4) is 0 Å². The van der Waals surface area contributed by atoms with E-state index in [2.05, 4.69) is 56.5 Å². The van der Waals surface area contributed by atoms with Crippen LogP contribution >= 0.6 is 0 Å². The predicted molar refractivity (Wildman–Crippen MR) is 126 cm³/mol. The second-order valence-corrected chi connectivity index (χ2v) is 9.09. The molecule has 4 rings (SSSR count). The van der Waals surface area contributed by atoms with Gasteiger partial charge in [-0.15, -0.1) is 0 Å². The van der Waals surface area contributed by atoms with Crippen LogP contribution in [0.4, 0.5) is 5.69 Å². The second-order valence-electron chi connectivity index (χ2n) is 9.09. The molecule has 2 aromatic rings. The van der Waals surface area contributed by atoms with E-state index in [0.717, 1.165) is 64.2 Å². The summed E-state index contributed by atoms with van der Waals surface area (Å²) in [6.45, 7) is 5.78. The molecule has 0 spiro atoms. The zero-order valence-electron chi connectivity index (χ0n) is 18.7. The fraction of sp³-hybridized carbons (Fsp3) is 0.500. The molecule has 2 saturated heterocycles. The summed E-state index contributed by atoms with van der Waals surface area (Å²) in [6, 6.07) is 14.7. The van der Waals surface area contributed by atoms with Gasteiger partial charge in [0.25, 0.3) is 0 Å². The molecule has 1 aromatic carbocycles. The molecule has 2 aliphatic heterocycles. The number of nitrogens with one attached hydrogen (secondary N) is 1. The van der Waals surface area contributed by atoms with Crippen LogP contribution in [0, 0.1) is 23.2 Å². The van der Waals surface area contributed by atoms with Crippen molar-refractivity contribution in [3.8, 4) is 6.07 Å². The maximum atomic E-state index is 12.6. The van der Waals surface area contributed by atoms with E-state index in [0.29, 0.717) is 11.5 Å². The maximum absolute atomic E-state index is 12.6. The number of nitriles is 1. The lowest BCUT2D eigenvalue weighted by Gasteiger charge is -2.33. The summed E-state index contributed by atoms with van der Waals surface area (Å²) in [4.78, 5) is 21.6. The van der Waals surface area contributed by atoms with Crippen LogP contribution in [-0.4, -0.2) is 48.5 Å². The lowest BCUT2D eigenvalue weighted by molar-refractivity contribution is -0.125. The molecule has 0 atom stereocenters. The molecule has 0 radical (unpaired) electrons. The Morgan fingerprint density at radius 3 is 2.53 bits per heavy atom. The number of amides is 1. The fourth-order valence-corrected chi connectivity index (χ4v) is 4.88. The van der Waals surface area contributed by atoms with E-state index < -0.39 is 0 Å². The van der Waals surface area contributed by atoms with Crippen molar-refractivity contribution in [3.05, 3.63) is 59.9 Å². The number of piperidine rings is 2. The van der Waals surface area contributed by atoms with Crippen LogP contribution < -0.4 is 10.2 Å². The Labute approximate surface area is 191 Å². The number of aromatic nitrogens is 1. The van der Waals surface area contributed by atoms with E-state index in [1.54, 1.807) is 12.4 Å². The van der Waals surface area contributed by atoms with Gasteiger partial charge in [-0.3, -0.25) is 14.7 Å². The smallest absolute Gasteiger partial charge is 0.223 e. The number of pyridine rings is 1. The lowest BCUT2D eigenvalue weighted by Crippen LogP contribution is -2.41. The Bertz CT molecular complexity index is 909. The molecular weight excluding hydrogens is 398 g/mol. The monoisotopic (exact) mass is 431 g/mol. The number of carbonyl (C=O) groups excluding carboxylic acids is 1. The van der Waals surface area contributed by atoms with Gasteiger partial charge in [0.15, 0.2) is 0 Å². The van der Waals surface area contributed by atoms with Gasteiger partial charge in [0.1, 0.15) is 6.07 Å². The molecule has 0 bridgehead atoms. The van der Waals surface area contributed by atoms with Gasteiger partial charge in [-0.1, -0.05) is 30.3 Å². The molecular formula is C26H33N5O. The Balaban J connectivity index is 1.12. The molecule has 6 heteroatoms. The number of likely N-dealkylation sites (tertiary alicyclic amines) is 1. The lowest BCUT2D eigenvalue weighted by atomic mass is 9.92. The summed E-state index contributed by atoms with van der Waals surface area (Å²) in [5.74, 6) is 1.00. The topological polar surface area (TPSA) is 72.3 Å². The van der Waals surface area contributed by atoms with Crippen LogP contribution in [-0.2, 0) is 11.3 Å². The van der Waals surface area contributed by atoms with E-state index in [1.165, 1.54) is 18.4 Å². The van der Waals surface area contributed by atoms with Gasteiger partial charge in [-0.2, -0.15) is 5.26 Å². The number of nitrogens with zero attached hydrogens (tertiary/aromatic N) is 4. The first kappa shape index (κ1) is 22.3. The van der Waals surface area contributed by atoms with Gasteiger partial charge < -0.3 is 10.2 Å². The molecule has 2 aliphatic rings. The zero-order chi connectivity index (χ0) is 22.2. The van der Waals surface area contributed by atoms with Gasteiger partial charge in [-0.25, -0.2) is 0 Å². The summed E-state index contributed by atoms with van der Waals surface area (Å²) >= 11 is 0. The highest BCUT2D eigenvalue weighted by Gasteiger charge is 2.26. The summed E-state index contributed by atoms with van der Waals surface area (Å²) < 4.78 is 0. The molecule has 0 unspecified atom stereocenters. The average molecular weight is 432 g/mol. The Morgan fingerprint density at radius 2 is 1.81 bits per heavy atom. The van der Waals surface area contributed by atoms with Crippen molar-refractivity contribution in [2.75, 3.05) is 37.6 Å². The van der Waals surface area contributed by atoms with Crippen LogP contribution in [0.1, 0.15) is 43.2 Å². The summed E-state index contributed by atoms with van der Waals surface area (Å²) in [5, 5.41) is 12.3. The van der Waals surface area contributed by atoms with Crippen molar-refractivity contribution in [2.24, 2.45) is 11.8 Å². The van der Waals surface area contributed by atoms with Gasteiger partial charge in [0.05, 0.1) is 17.4 Å². The molecule has 32 heavy (non-hydrogen) atoms.